The molecule has 0 radical (unpaired) electrons. The summed E-state index contributed by atoms with van der Waals surface area (Å²) >= 11 is 0. The smallest absolute Gasteiger partial charge is 0.254 e. The van der Waals surface area contributed by atoms with Crippen molar-refractivity contribution in [2.45, 2.75) is 51.1 Å². The zero-order valence-corrected chi connectivity index (χ0v) is 19.0. The maximum atomic E-state index is 13.5. The Labute approximate surface area is 183 Å². The first kappa shape index (κ1) is 23.0. The maximum Gasteiger partial charge on any atom is 0.254 e. The third-order valence-corrected chi connectivity index (χ3v) is 7.67. The maximum absolute atomic E-state index is 13.5. The molecule has 0 unspecified atom stereocenters. The highest BCUT2D eigenvalue weighted by atomic mass is 32.2. The average Bonchev–Trinajstić information content (AvgIpc) is 3.58. The number of sulfonamides is 1. The number of nitrogens with zero attached hydrogens (tertiary/aromatic N) is 2. The lowest BCUT2D eigenvalue weighted by molar-refractivity contribution is 0.0728. The van der Waals surface area contributed by atoms with Crippen LogP contribution in [0, 0.1) is 6.92 Å². The first-order valence-electron chi connectivity index (χ1n) is 10.5. The number of benzene rings is 2. The van der Waals surface area contributed by atoms with Gasteiger partial charge < -0.3 is 10.6 Å². The molecule has 31 heavy (non-hydrogen) atoms. The largest absolute Gasteiger partial charge is 0.366 e. The number of carbonyl (C=O) groups excluding carboxylic acids is 2. The van der Waals surface area contributed by atoms with E-state index in [0.717, 1.165) is 24.0 Å². The van der Waals surface area contributed by atoms with Crippen molar-refractivity contribution in [3.8, 4) is 0 Å². The standard InChI is InChI=1S/C23H29N3O4S/c1-4-25(5-2)31(29,30)20-13-6-16(3)21(14-20)23(28)26(19-11-12-19)15-17-7-9-18(10-8-17)22(24)27/h6-10,13-14,19H,4-5,11-12,15H2,1-3H3,(H2,24,27). The van der Waals surface area contributed by atoms with Crippen LogP contribution in [0.3, 0.4) is 0 Å². The van der Waals surface area contributed by atoms with Crippen molar-refractivity contribution < 1.29 is 18.0 Å². The van der Waals surface area contributed by atoms with Crippen molar-refractivity contribution in [2.24, 2.45) is 5.73 Å². The second-order valence-electron chi connectivity index (χ2n) is 7.79. The first-order chi connectivity index (χ1) is 14.7. The molecule has 0 bridgehead atoms. The lowest BCUT2D eigenvalue weighted by atomic mass is 10.1. The summed E-state index contributed by atoms with van der Waals surface area (Å²) in [6, 6.07) is 11.8. The number of carbonyl (C=O) groups is 2. The molecule has 2 N–H and O–H groups in total. The van der Waals surface area contributed by atoms with E-state index >= 15 is 0 Å². The molecule has 3 rings (SSSR count). The van der Waals surface area contributed by atoms with Gasteiger partial charge in [0.15, 0.2) is 0 Å². The molecule has 0 aromatic heterocycles. The Kier molecular flexibility index (Phi) is 6.81. The molecule has 1 aliphatic carbocycles. The summed E-state index contributed by atoms with van der Waals surface area (Å²) in [5, 5.41) is 0. The summed E-state index contributed by atoms with van der Waals surface area (Å²) in [6.07, 6.45) is 1.84. The van der Waals surface area contributed by atoms with Crippen LogP contribution >= 0.6 is 0 Å². The minimum Gasteiger partial charge on any atom is -0.366 e. The third kappa shape index (κ3) is 4.97. The molecule has 0 heterocycles. The van der Waals surface area contributed by atoms with Gasteiger partial charge in [0.1, 0.15) is 0 Å². The van der Waals surface area contributed by atoms with E-state index in [2.05, 4.69) is 0 Å². The third-order valence-electron chi connectivity index (χ3n) is 5.62. The molecule has 0 aliphatic heterocycles. The normalized spacial score (nSPS) is 13.9. The monoisotopic (exact) mass is 443 g/mol. The average molecular weight is 444 g/mol. The van der Waals surface area contributed by atoms with Crippen LogP contribution in [0.25, 0.3) is 0 Å². The number of rotatable bonds is 9. The van der Waals surface area contributed by atoms with Gasteiger partial charge in [0.2, 0.25) is 15.9 Å². The second kappa shape index (κ2) is 9.20. The van der Waals surface area contributed by atoms with Crippen molar-refractivity contribution in [1.82, 2.24) is 9.21 Å². The Bertz CT molecular complexity index is 1070. The van der Waals surface area contributed by atoms with Gasteiger partial charge in [-0.25, -0.2) is 8.42 Å². The highest BCUT2D eigenvalue weighted by molar-refractivity contribution is 7.89. The van der Waals surface area contributed by atoms with E-state index in [0.29, 0.717) is 30.8 Å². The highest BCUT2D eigenvalue weighted by Gasteiger charge is 2.34. The summed E-state index contributed by atoms with van der Waals surface area (Å²) in [6.45, 7) is 6.51. The number of aryl methyl sites for hydroxylation is 1. The van der Waals surface area contributed by atoms with Gasteiger partial charge in [-0.15, -0.1) is 0 Å². The van der Waals surface area contributed by atoms with E-state index in [9.17, 15) is 18.0 Å². The van der Waals surface area contributed by atoms with Crippen molar-refractivity contribution >= 4 is 21.8 Å². The topological polar surface area (TPSA) is 101 Å². The zero-order valence-electron chi connectivity index (χ0n) is 18.2. The van der Waals surface area contributed by atoms with Crippen molar-refractivity contribution in [1.29, 1.82) is 0 Å². The molecule has 8 heteroatoms. The number of hydrogen-bond donors (Lipinski definition) is 1. The predicted octanol–water partition coefficient (Wildman–Crippen LogP) is 2.93. The van der Waals surface area contributed by atoms with Gasteiger partial charge >= 0.3 is 0 Å². The Morgan fingerprint density at radius 1 is 1.03 bits per heavy atom. The van der Waals surface area contributed by atoms with Crippen molar-refractivity contribution in [3.05, 3.63) is 64.7 Å². The molecule has 2 aromatic rings. The van der Waals surface area contributed by atoms with Gasteiger partial charge in [-0.05, 0) is 55.2 Å². The quantitative estimate of drug-likeness (QED) is 0.644. The Hall–Kier alpha value is -2.71. The van der Waals surface area contributed by atoms with Crippen molar-refractivity contribution in [3.63, 3.8) is 0 Å². The van der Waals surface area contributed by atoms with Gasteiger partial charge in [-0.1, -0.05) is 32.0 Å². The molecule has 0 atom stereocenters. The van der Waals surface area contributed by atoms with Gasteiger partial charge in [-0.2, -0.15) is 4.31 Å². The Morgan fingerprint density at radius 3 is 2.16 bits per heavy atom. The summed E-state index contributed by atoms with van der Waals surface area (Å²) in [4.78, 5) is 26.7. The molecule has 2 amide bonds. The molecule has 0 spiro atoms. The Morgan fingerprint density at radius 2 is 1.65 bits per heavy atom. The van der Waals surface area contributed by atoms with Gasteiger partial charge in [0.25, 0.3) is 5.91 Å². The van der Waals surface area contributed by atoms with Crippen LogP contribution in [0.15, 0.2) is 47.4 Å². The predicted molar refractivity (Wildman–Crippen MR) is 119 cm³/mol. The van der Waals surface area contributed by atoms with E-state index in [-0.39, 0.29) is 16.8 Å². The fourth-order valence-electron chi connectivity index (χ4n) is 3.58. The summed E-state index contributed by atoms with van der Waals surface area (Å²) < 4.78 is 27.3. The van der Waals surface area contributed by atoms with E-state index in [1.165, 1.54) is 10.4 Å². The summed E-state index contributed by atoms with van der Waals surface area (Å²) in [5.41, 5.74) is 7.73. The molecular weight excluding hydrogens is 414 g/mol. The summed E-state index contributed by atoms with van der Waals surface area (Å²) in [7, 11) is -3.66. The number of nitrogens with two attached hydrogens (primary N) is 1. The summed E-state index contributed by atoms with van der Waals surface area (Å²) in [5.74, 6) is -0.681. The van der Waals surface area contributed by atoms with Crippen LogP contribution in [-0.2, 0) is 16.6 Å². The molecule has 1 fully saturated rings. The van der Waals surface area contributed by atoms with Gasteiger partial charge in [0.05, 0.1) is 4.90 Å². The molecule has 1 saturated carbocycles. The zero-order chi connectivity index (χ0) is 22.8. The molecule has 166 valence electrons. The fourth-order valence-corrected chi connectivity index (χ4v) is 5.07. The first-order valence-corrected chi connectivity index (χ1v) is 11.9. The van der Waals surface area contributed by atoms with Crippen LogP contribution in [0.2, 0.25) is 0 Å². The van der Waals surface area contributed by atoms with E-state index < -0.39 is 15.9 Å². The van der Waals surface area contributed by atoms with E-state index in [1.807, 2.05) is 6.92 Å². The van der Waals surface area contributed by atoms with Gasteiger partial charge in [0, 0.05) is 36.8 Å². The molecule has 0 saturated heterocycles. The number of primary amides is 1. The lowest BCUT2D eigenvalue weighted by Gasteiger charge is -2.24. The van der Waals surface area contributed by atoms with E-state index in [4.69, 9.17) is 5.73 Å². The molecule has 2 aromatic carbocycles. The molecule has 1 aliphatic rings. The second-order valence-corrected chi connectivity index (χ2v) is 9.73. The fraction of sp³-hybridized carbons (Fsp3) is 0.391. The number of amides is 2. The highest BCUT2D eigenvalue weighted by Crippen LogP contribution is 2.31. The number of hydrogen-bond acceptors (Lipinski definition) is 4. The van der Waals surface area contributed by atoms with Crippen molar-refractivity contribution in [2.75, 3.05) is 13.1 Å². The van der Waals surface area contributed by atoms with Crippen LogP contribution in [-0.4, -0.2) is 48.6 Å². The minimum absolute atomic E-state index is 0.130. The van der Waals surface area contributed by atoms with E-state index in [1.54, 1.807) is 55.1 Å². The SMILES string of the molecule is CCN(CC)S(=O)(=O)c1ccc(C)c(C(=O)N(Cc2ccc(C(N)=O)cc2)C2CC2)c1. The minimum atomic E-state index is -3.66. The van der Waals surface area contributed by atoms with Crippen LogP contribution in [0.1, 0.15) is 58.5 Å². The lowest BCUT2D eigenvalue weighted by Crippen LogP contribution is -2.34. The molecular formula is C23H29N3O4S. The Balaban J connectivity index is 1.91. The van der Waals surface area contributed by atoms with Crippen LogP contribution in [0.4, 0.5) is 0 Å². The van der Waals surface area contributed by atoms with Crippen LogP contribution < -0.4 is 5.73 Å². The van der Waals surface area contributed by atoms with Gasteiger partial charge in [-0.3, -0.25) is 9.59 Å². The van der Waals surface area contributed by atoms with Crippen LogP contribution in [0.5, 0.6) is 0 Å². The molecule has 7 nitrogen and oxygen atoms in total.